The van der Waals surface area contributed by atoms with E-state index in [1.165, 1.54) is 0 Å². The molecule has 1 unspecified atom stereocenters. The highest BCUT2D eigenvalue weighted by Gasteiger charge is 2.22. The smallest absolute Gasteiger partial charge is 0.262 e. The number of aryl methyl sites for hydroxylation is 1. The van der Waals surface area contributed by atoms with Crippen LogP contribution in [-0.2, 0) is 16.1 Å². The van der Waals surface area contributed by atoms with Crippen molar-refractivity contribution in [2.24, 2.45) is 0 Å². The number of nitrogens with zero attached hydrogens (tertiary/aromatic N) is 1. The first kappa shape index (κ1) is 24.5. The van der Waals surface area contributed by atoms with Crippen molar-refractivity contribution in [2.75, 3.05) is 19.0 Å². The minimum Gasteiger partial charge on any atom is -0.483 e. The van der Waals surface area contributed by atoms with Crippen LogP contribution in [-0.4, -0.2) is 42.3 Å². The van der Waals surface area contributed by atoms with Gasteiger partial charge in [-0.05, 0) is 43.7 Å². The molecule has 3 aromatic carbocycles. The summed E-state index contributed by atoms with van der Waals surface area (Å²) in [6.45, 7) is 3.79. The standard InChI is InChI=1S/C27H29N3O4/c1-19-13-15-22(16-14-19)29-25(31)18-34-24-12-8-7-11-23(24)26(32)28-20(2)27(33)30(3)17-21-9-5-4-6-10-21/h4-16,20H,17-18H2,1-3H3,(H,28,32)(H,29,31). The Morgan fingerprint density at radius 1 is 0.912 bits per heavy atom. The van der Waals surface area contributed by atoms with Gasteiger partial charge in [-0.2, -0.15) is 0 Å². The van der Waals surface area contributed by atoms with Gasteiger partial charge in [0.25, 0.3) is 11.8 Å². The van der Waals surface area contributed by atoms with E-state index in [1.54, 1.807) is 43.1 Å². The molecule has 0 saturated carbocycles. The summed E-state index contributed by atoms with van der Waals surface area (Å²) in [5, 5.41) is 5.48. The summed E-state index contributed by atoms with van der Waals surface area (Å²) in [7, 11) is 1.70. The molecule has 0 radical (unpaired) electrons. The molecule has 0 saturated heterocycles. The highest BCUT2D eigenvalue weighted by molar-refractivity contribution is 5.99. The lowest BCUT2D eigenvalue weighted by atomic mass is 10.1. The van der Waals surface area contributed by atoms with Crippen LogP contribution >= 0.6 is 0 Å². The lowest BCUT2D eigenvalue weighted by Crippen LogP contribution is -2.45. The van der Waals surface area contributed by atoms with Crippen LogP contribution in [0.4, 0.5) is 5.69 Å². The second-order valence-corrected chi connectivity index (χ2v) is 8.07. The van der Waals surface area contributed by atoms with Gasteiger partial charge in [-0.15, -0.1) is 0 Å². The zero-order chi connectivity index (χ0) is 24.5. The molecule has 3 aromatic rings. The van der Waals surface area contributed by atoms with Gasteiger partial charge in [0, 0.05) is 19.3 Å². The summed E-state index contributed by atoms with van der Waals surface area (Å²) in [5.74, 6) is -0.752. The van der Waals surface area contributed by atoms with E-state index in [2.05, 4.69) is 10.6 Å². The van der Waals surface area contributed by atoms with Gasteiger partial charge in [-0.3, -0.25) is 14.4 Å². The van der Waals surface area contributed by atoms with Gasteiger partial charge >= 0.3 is 0 Å². The minimum absolute atomic E-state index is 0.215. The third-order valence-electron chi connectivity index (χ3n) is 5.18. The van der Waals surface area contributed by atoms with Gasteiger partial charge in [-0.1, -0.05) is 60.2 Å². The number of benzene rings is 3. The Labute approximate surface area is 199 Å². The van der Waals surface area contributed by atoms with Gasteiger partial charge in [0.1, 0.15) is 11.8 Å². The largest absolute Gasteiger partial charge is 0.483 e. The monoisotopic (exact) mass is 459 g/mol. The molecule has 3 rings (SSSR count). The molecular weight excluding hydrogens is 430 g/mol. The molecule has 1 atom stereocenters. The Morgan fingerprint density at radius 3 is 2.26 bits per heavy atom. The average molecular weight is 460 g/mol. The molecule has 176 valence electrons. The van der Waals surface area contributed by atoms with Gasteiger partial charge < -0.3 is 20.3 Å². The summed E-state index contributed by atoms with van der Waals surface area (Å²) >= 11 is 0. The number of carbonyl (C=O) groups is 3. The van der Waals surface area contributed by atoms with Crippen LogP contribution in [0, 0.1) is 6.92 Å². The van der Waals surface area contributed by atoms with Crippen molar-refractivity contribution in [3.63, 3.8) is 0 Å². The Morgan fingerprint density at radius 2 is 1.56 bits per heavy atom. The molecule has 2 N–H and O–H groups in total. The lowest BCUT2D eigenvalue weighted by Gasteiger charge is -2.22. The van der Waals surface area contributed by atoms with Gasteiger partial charge in [-0.25, -0.2) is 0 Å². The van der Waals surface area contributed by atoms with Crippen molar-refractivity contribution in [1.29, 1.82) is 0 Å². The molecule has 34 heavy (non-hydrogen) atoms. The third-order valence-corrected chi connectivity index (χ3v) is 5.18. The number of likely N-dealkylation sites (N-methyl/N-ethyl adjacent to an activating group) is 1. The molecule has 0 fully saturated rings. The molecule has 0 aliphatic heterocycles. The van der Waals surface area contributed by atoms with Crippen LogP contribution in [0.2, 0.25) is 0 Å². The average Bonchev–Trinajstić information content (AvgIpc) is 2.84. The zero-order valence-electron chi connectivity index (χ0n) is 19.6. The first-order chi connectivity index (χ1) is 16.3. The number of para-hydroxylation sites is 1. The first-order valence-corrected chi connectivity index (χ1v) is 11.0. The molecule has 0 heterocycles. The Kier molecular flexibility index (Phi) is 8.40. The van der Waals surface area contributed by atoms with Crippen molar-refractivity contribution in [3.8, 4) is 5.75 Å². The fourth-order valence-corrected chi connectivity index (χ4v) is 3.36. The minimum atomic E-state index is -0.737. The molecule has 7 nitrogen and oxygen atoms in total. The lowest BCUT2D eigenvalue weighted by molar-refractivity contribution is -0.132. The predicted octanol–water partition coefficient (Wildman–Crippen LogP) is 3.79. The van der Waals surface area contributed by atoms with E-state index in [0.717, 1.165) is 11.1 Å². The van der Waals surface area contributed by atoms with Gasteiger partial charge in [0.15, 0.2) is 6.61 Å². The van der Waals surface area contributed by atoms with Gasteiger partial charge in [0.2, 0.25) is 5.91 Å². The Hall–Kier alpha value is -4.13. The summed E-state index contributed by atoms with van der Waals surface area (Å²) in [4.78, 5) is 39.4. The normalized spacial score (nSPS) is 11.3. The molecule has 3 amide bonds. The molecule has 0 bridgehead atoms. The zero-order valence-corrected chi connectivity index (χ0v) is 19.6. The van der Waals surface area contributed by atoms with Crippen molar-refractivity contribution >= 4 is 23.4 Å². The molecule has 0 spiro atoms. The number of amides is 3. The van der Waals surface area contributed by atoms with Crippen LogP contribution in [0.15, 0.2) is 78.9 Å². The van der Waals surface area contributed by atoms with Crippen molar-refractivity contribution in [3.05, 3.63) is 95.6 Å². The summed E-state index contributed by atoms with van der Waals surface area (Å²) in [6, 6.07) is 22.9. The quantitative estimate of drug-likeness (QED) is 0.510. The predicted molar refractivity (Wildman–Crippen MR) is 132 cm³/mol. The maximum absolute atomic E-state index is 12.9. The Balaban J connectivity index is 1.57. The number of rotatable bonds is 9. The van der Waals surface area contributed by atoms with Crippen molar-refractivity contribution < 1.29 is 19.1 Å². The number of hydrogen-bond acceptors (Lipinski definition) is 4. The van der Waals surface area contributed by atoms with Crippen LogP contribution in [0.25, 0.3) is 0 Å². The van der Waals surface area contributed by atoms with E-state index < -0.39 is 11.9 Å². The van der Waals surface area contributed by atoms with E-state index in [4.69, 9.17) is 4.74 Å². The van der Waals surface area contributed by atoms with Crippen LogP contribution in [0.3, 0.4) is 0 Å². The number of anilines is 1. The van der Waals surface area contributed by atoms with E-state index >= 15 is 0 Å². The fourth-order valence-electron chi connectivity index (χ4n) is 3.36. The van der Waals surface area contributed by atoms with Crippen LogP contribution in [0.1, 0.15) is 28.4 Å². The maximum Gasteiger partial charge on any atom is 0.262 e. The van der Waals surface area contributed by atoms with E-state index in [9.17, 15) is 14.4 Å². The maximum atomic E-state index is 12.9. The highest BCUT2D eigenvalue weighted by Crippen LogP contribution is 2.18. The summed E-state index contributed by atoms with van der Waals surface area (Å²) < 4.78 is 5.62. The topological polar surface area (TPSA) is 87.7 Å². The van der Waals surface area contributed by atoms with Crippen LogP contribution in [0.5, 0.6) is 5.75 Å². The summed E-state index contributed by atoms with van der Waals surface area (Å²) in [6.07, 6.45) is 0. The van der Waals surface area contributed by atoms with E-state index in [1.807, 2.05) is 61.5 Å². The SMILES string of the molecule is Cc1ccc(NC(=O)COc2ccccc2C(=O)NC(C)C(=O)N(C)Cc2ccccc2)cc1. The molecule has 0 aromatic heterocycles. The first-order valence-electron chi connectivity index (χ1n) is 11.0. The molecule has 7 heteroatoms. The van der Waals surface area contributed by atoms with E-state index in [-0.39, 0.29) is 29.7 Å². The molecular formula is C27H29N3O4. The number of nitrogens with one attached hydrogen (secondary N) is 2. The van der Waals surface area contributed by atoms with Crippen LogP contribution < -0.4 is 15.4 Å². The third kappa shape index (κ3) is 6.93. The van der Waals surface area contributed by atoms with Crippen molar-refractivity contribution in [2.45, 2.75) is 26.4 Å². The Bertz CT molecular complexity index is 1130. The second kappa shape index (κ2) is 11.7. The number of hydrogen-bond donors (Lipinski definition) is 2. The van der Waals surface area contributed by atoms with E-state index in [0.29, 0.717) is 12.2 Å². The second-order valence-electron chi connectivity index (χ2n) is 8.07. The number of ether oxygens (including phenoxy) is 1. The fraction of sp³-hybridized carbons (Fsp3) is 0.222. The van der Waals surface area contributed by atoms with Gasteiger partial charge in [0.05, 0.1) is 5.56 Å². The summed E-state index contributed by atoms with van der Waals surface area (Å²) in [5.41, 5.74) is 3.00. The highest BCUT2D eigenvalue weighted by atomic mass is 16.5. The number of carbonyl (C=O) groups excluding carboxylic acids is 3. The molecule has 0 aliphatic carbocycles. The molecule has 0 aliphatic rings. The van der Waals surface area contributed by atoms with Crippen molar-refractivity contribution in [1.82, 2.24) is 10.2 Å².